The number of halogens is 1. The average molecular weight is 488 g/mol. The van der Waals surface area contributed by atoms with Gasteiger partial charge in [0.1, 0.15) is 17.7 Å². The molecule has 35 heavy (non-hydrogen) atoms. The minimum absolute atomic E-state index is 0.426. The summed E-state index contributed by atoms with van der Waals surface area (Å²) < 4.78 is 7.87. The Hall–Kier alpha value is -3.49. The predicted octanol–water partition coefficient (Wildman–Crippen LogP) is 5.05. The Morgan fingerprint density at radius 3 is 2.74 bits per heavy atom. The Morgan fingerprint density at radius 1 is 1.11 bits per heavy atom. The Balaban J connectivity index is 1.68. The molecule has 1 saturated heterocycles. The van der Waals surface area contributed by atoms with Gasteiger partial charge in [-0.3, -0.25) is 9.55 Å². The quantitative estimate of drug-likeness (QED) is 0.373. The lowest BCUT2D eigenvalue weighted by Gasteiger charge is -2.29. The average Bonchev–Trinajstić information content (AvgIpc) is 3.52. The molecule has 1 aliphatic rings. The van der Waals surface area contributed by atoms with Gasteiger partial charge in [0.25, 0.3) is 0 Å². The number of fused-ring (bicyclic) bond motifs is 2. The molecule has 6 rings (SSSR count). The van der Waals surface area contributed by atoms with Crippen molar-refractivity contribution in [2.45, 2.75) is 20.3 Å². The maximum Gasteiger partial charge on any atom is 0.163 e. The number of ether oxygens (including phenoxy) is 1. The topological polar surface area (TPSA) is 84.8 Å². The minimum Gasteiger partial charge on any atom is -0.378 e. The zero-order chi connectivity index (χ0) is 23.9. The maximum absolute atomic E-state index is 6.53. The number of hydrogen-bond acceptors (Lipinski definition) is 6. The van der Waals surface area contributed by atoms with Crippen LogP contribution in [-0.2, 0) is 11.2 Å². The normalized spacial score (nSPS) is 14.5. The van der Waals surface area contributed by atoms with Crippen molar-refractivity contribution in [1.29, 1.82) is 0 Å². The first kappa shape index (κ1) is 22.0. The van der Waals surface area contributed by atoms with Crippen molar-refractivity contribution in [2.24, 2.45) is 5.92 Å². The fourth-order valence-corrected chi connectivity index (χ4v) is 5.05. The lowest BCUT2D eigenvalue weighted by Crippen LogP contribution is -2.36. The van der Waals surface area contributed by atoms with E-state index < -0.39 is 0 Å². The fraction of sp³-hybridized carbons (Fsp3) is 0.308. The van der Waals surface area contributed by atoms with Crippen molar-refractivity contribution < 1.29 is 4.74 Å². The van der Waals surface area contributed by atoms with Crippen molar-refractivity contribution in [3.8, 4) is 17.1 Å². The van der Waals surface area contributed by atoms with Crippen molar-refractivity contribution in [3.05, 3.63) is 59.8 Å². The smallest absolute Gasteiger partial charge is 0.163 e. The summed E-state index contributed by atoms with van der Waals surface area (Å²) in [7, 11) is 0. The van der Waals surface area contributed by atoms with Crippen LogP contribution in [0.1, 0.15) is 19.7 Å². The van der Waals surface area contributed by atoms with Gasteiger partial charge in [0, 0.05) is 42.3 Å². The van der Waals surface area contributed by atoms with Crippen molar-refractivity contribution in [1.82, 2.24) is 29.7 Å². The Morgan fingerprint density at radius 2 is 1.97 bits per heavy atom. The first-order valence-electron chi connectivity index (χ1n) is 11.9. The molecule has 0 spiro atoms. The minimum atomic E-state index is 0.426. The molecule has 3 aromatic heterocycles. The van der Waals surface area contributed by atoms with Crippen LogP contribution in [0, 0.1) is 5.92 Å². The molecule has 0 unspecified atom stereocenters. The highest BCUT2D eigenvalue weighted by atomic mass is 35.5. The van der Waals surface area contributed by atoms with E-state index in [1.54, 1.807) is 6.33 Å². The summed E-state index contributed by atoms with van der Waals surface area (Å²) in [6, 6.07) is 12.3. The summed E-state index contributed by atoms with van der Waals surface area (Å²) in [5.74, 6) is 2.12. The second-order valence-electron chi connectivity index (χ2n) is 9.23. The van der Waals surface area contributed by atoms with E-state index in [-0.39, 0.29) is 0 Å². The number of hydrogen-bond donors (Lipinski definition) is 1. The highest BCUT2D eigenvalue weighted by molar-refractivity contribution is 6.35. The molecular formula is C26H26ClN7O. The standard InChI is InChI=1S/C26H26ClN7O/c1-16(2)12-23-31-25-19(26-29-15-30-32-26)13-17(33-8-10-35-11-9-33)14-22(25)34(23)21-6-7-28-24-18(21)4-3-5-20(24)27/h3-7,13-16H,8-12H2,1-2H3,(H,29,30,32). The van der Waals surface area contributed by atoms with Crippen LogP contribution in [0.2, 0.25) is 5.02 Å². The van der Waals surface area contributed by atoms with Crippen LogP contribution in [0.15, 0.2) is 48.9 Å². The van der Waals surface area contributed by atoms with Crippen LogP contribution in [0.3, 0.4) is 0 Å². The summed E-state index contributed by atoms with van der Waals surface area (Å²) in [4.78, 5) is 15.3. The third-order valence-corrected chi connectivity index (χ3v) is 6.70. The highest BCUT2D eigenvalue weighted by Gasteiger charge is 2.23. The SMILES string of the molecule is CC(C)Cc1nc2c(-c3nnc[nH]3)cc(N3CCOCC3)cc2n1-c1ccnc2c(Cl)cccc12. The summed E-state index contributed by atoms with van der Waals surface area (Å²) >= 11 is 6.53. The number of benzene rings is 2. The van der Waals surface area contributed by atoms with E-state index in [4.69, 9.17) is 21.3 Å². The van der Waals surface area contributed by atoms with Gasteiger partial charge in [0.2, 0.25) is 0 Å². The number of morpholine rings is 1. The van der Waals surface area contributed by atoms with Crippen LogP contribution in [0.5, 0.6) is 0 Å². The Bertz CT molecular complexity index is 1500. The van der Waals surface area contributed by atoms with E-state index in [0.717, 1.165) is 64.2 Å². The molecule has 0 atom stereocenters. The number of para-hydroxylation sites is 1. The van der Waals surface area contributed by atoms with E-state index in [2.05, 4.69) is 61.7 Å². The molecule has 1 N–H and O–H groups in total. The number of H-pyrrole nitrogens is 1. The van der Waals surface area contributed by atoms with Crippen LogP contribution >= 0.6 is 11.6 Å². The van der Waals surface area contributed by atoms with Crippen LogP contribution in [0.25, 0.3) is 39.0 Å². The Kier molecular flexibility index (Phi) is 5.62. The van der Waals surface area contributed by atoms with Gasteiger partial charge >= 0.3 is 0 Å². The number of aromatic nitrogens is 6. The molecule has 8 nitrogen and oxygen atoms in total. The third-order valence-electron chi connectivity index (χ3n) is 6.39. The van der Waals surface area contributed by atoms with E-state index >= 15 is 0 Å². The first-order valence-corrected chi connectivity index (χ1v) is 12.3. The van der Waals surface area contributed by atoms with Gasteiger partial charge in [0.05, 0.1) is 35.0 Å². The zero-order valence-corrected chi connectivity index (χ0v) is 20.5. The molecule has 0 radical (unpaired) electrons. The molecule has 0 saturated carbocycles. The van der Waals surface area contributed by atoms with Gasteiger partial charge in [-0.2, -0.15) is 0 Å². The van der Waals surface area contributed by atoms with Gasteiger partial charge in [-0.1, -0.05) is 37.6 Å². The van der Waals surface area contributed by atoms with Crippen LogP contribution in [0.4, 0.5) is 5.69 Å². The molecule has 9 heteroatoms. The number of rotatable bonds is 5. The molecule has 0 bridgehead atoms. The van der Waals surface area contributed by atoms with Gasteiger partial charge in [-0.05, 0) is 30.2 Å². The second kappa shape index (κ2) is 8.94. The molecule has 2 aromatic carbocycles. The number of aromatic amines is 1. The highest BCUT2D eigenvalue weighted by Crippen LogP contribution is 2.36. The van der Waals surface area contributed by atoms with Crippen molar-refractivity contribution in [2.75, 3.05) is 31.2 Å². The van der Waals surface area contributed by atoms with Gasteiger partial charge in [-0.25, -0.2) is 4.98 Å². The monoisotopic (exact) mass is 487 g/mol. The zero-order valence-electron chi connectivity index (χ0n) is 19.7. The van der Waals surface area contributed by atoms with E-state index in [1.165, 1.54) is 0 Å². The number of nitrogens with one attached hydrogen (secondary N) is 1. The van der Waals surface area contributed by atoms with E-state index in [1.807, 2.05) is 24.4 Å². The third kappa shape index (κ3) is 3.92. The maximum atomic E-state index is 6.53. The fourth-order valence-electron chi connectivity index (χ4n) is 4.82. The van der Waals surface area contributed by atoms with Crippen LogP contribution < -0.4 is 4.90 Å². The number of pyridine rings is 1. The molecule has 4 heterocycles. The second-order valence-corrected chi connectivity index (χ2v) is 9.63. The van der Waals surface area contributed by atoms with E-state index in [0.29, 0.717) is 30.0 Å². The van der Waals surface area contributed by atoms with Crippen molar-refractivity contribution >= 4 is 39.2 Å². The summed E-state index contributed by atoms with van der Waals surface area (Å²) in [6.07, 6.45) is 4.24. The van der Waals surface area contributed by atoms with E-state index in [9.17, 15) is 0 Å². The predicted molar refractivity (Wildman–Crippen MR) is 138 cm³/mol. The summed E-state index contributed by atoms with van der Waals surface area (Å²) in [5, 5.41) is 9.99. The molecule has 0 aliphatic carbocycles. The molecule has 178 valence electrons. The molecular weight excluding hydrogens is 462 g/mol. The van der Waals surface area contributed by atoms with Gasteiger partial charge < -0.3 is 14.6 Å². The molecule has 1 fully saturated rings. The lowest BCUT2D eigenvalue weighted by molar-refractivity contribution is 0.122. The number of anilines is 1. The Labute approximate surface area is 207 Å². The van der Waals surface area contributed by atoms with Crippen LogP contribution in [-0.4, -0.2) is 56.0 Å². The summed E-state index contributed by atoms with van der Waals surface area (Å²) in [5.41, 5.74) is 5.74. The van der Waals surface area contributed by atoms with Gasteiger partial charge in [0.15, 0.2) is 5.82 Å². The van der Waals surface area contributed by atoms with Gasteiger partial charge in [-0.15, -0.1) is 10.2 Å². The van der Waals surface area contributed by atoms with Crippen molar-refractivity contribution in [3.63, 3.8) is 0 Å². The largest absolute Gasteiger partial charge is 0.378 e. The number of nitrogens with zero attached hydrogens (tertiary/aromatic N) is 6. The molecule has 1 aliphatic heterocycles. The number of imidazole rings is 1. The summed E-state index contributed by atoms with van der Waals surface area (Å²) in [6.45, 7) is 7.51. The first-order chi connectivity index (χ1) is 17.1. The lowest BCUT2D eigenvalue weighted by atomic mass is 10.1. The molecule has 5 aromatic rings. The molecule has 0 amide bonds.